The summed E-state index contributed by atoms with van der Waals surface area (Å²) in [5.74, 6) is -1.43. The van der Waals surface area contributed by atoms with Crippen LogP contribution in [0, 0.1) is 0 Å². The number of carbonyl (C=O) groups is 2. The summed E-state index contributed by atoms with van der Waals surface area (Å²) in [6.07, 6.45) is -0.992. The van der Waals surface area contributed by atoms with Crippen molar-refractivity contribution in [2.75, 3.05) is 6.61 Å². The molecule has 0 aliphatic carbocycles. The maximum absolute atomic E-state index is 11.6. The third-order valence-electron chi connectivity index (χ3n) is 2.56. The third-order valence-corrected chi connectivity index (χ3v) is 3.09. The molecule has 0 aromatic heterocycles. The fraction of sp³-hybridized carbons (Fsp3) is 0.385. The normalized spacial score (nSPS) is 13.6. The number of carboxylic acid groups (broad SMARTS) is 1. The predicted octanol–water partition coefficient (Wildman–Crippen LogP) is 2.12. The van der Waals surface area contributed by atoms with Gasteiger partial charge in [-0.15, -0.1) is 0 Å². The second-order valence-corrected chi connectivity index (χ2v) is 5.05. The van der Waals surface area contributed by atoms with Crippen molar-refractivity contribution in [1.82, 2.24) is 5.32 Å². The van der Waals surface area contributed by atoms with E-state index < -0.39 is 12.1 Å². The average Bonchev–Trinajstić information content (AvgIpc) is 2.36. The first-order valence-corrected chi connectivity index (χ1v) is 6.58. The zero-order valence-corrected chi connectivity index (χ0v) is 12.3. The minimum absolute atomic E-state index is 0.163. The number of aliphatic carboxylic acids is 1. The second kappa shape index (κ2) is 7.25. The fourth-order valence-electron chi connectivity index (χ4n) is 1.39. The molecule has 0 saturated heterocycles. The van der Waals surface area contributed by atoms with Crippen molar-refractivity contribution in [3.63, 3.8) is 0 Å². The number of halogens is 1. The molecular weight excluding hydrogens is 314 g/mol. The van der Waals surface area contributed by atoms with E-state index in [-0.39, 0.29) is 18.6 Å². The Morgan fingerprint density at radius 2 is 1.89 bits per heavy atom. The highest BCUT2D eigenvalue weighted by Crippen LogP contribution is 2.16. The summed E-state index contributed by atoms with van der Waals surface area (Å²) < 4.78 is 5.87. The highest BCUT2D eigenvalue weighted by atomic mass is 79.9. The van der Waals surface area contributed by atoms with Crippen molar-refractivity contribution in [1.29, 1.82) is 0 Å². The number of rotatable bonds is 6. The van der Waals surface area contributed by atoms with Gasteiger partial charge in [0.1, 0.15) is 6.61 Å². The highest BCUT2D eigenvalue weighted by molar-refractivity contribution is 9.10. The number of benzene rings is 1. The van der Waals surface area contributed by atoms with Gasteiger partial charge >= 0.3 is 5.97 Å². The number of ether oxygens (including phenoxy) is 1. The van der Waals surface area contributed by atoms with Crippen molar-refractivity contribution in [2.24, 2.45) is 0 Å². The first-order chi connectivity index (χ1) is 8.90. The largest absolute Gasteiger partial charge is 0.479 e. The molecule has 0 aliphatic heterocycles. The molecule has 0 heterocycles. The van der Waals surface area contributed by atoms with E-state index in [2.05, 4.69) is 21.2 Å². The number of amides is 1. The maximum atomic E-state index is 11.6. The van der Waals surface area contributed by atoms with E-state index in [1.165, 1.54) is 6.92 Å². The SMILES string of the molecule is CC(OCC(=O)NC(C)c1ccc(Br)cc1)C(=O)O. The van der Waals surface area contributed by atoms with Crippen LogP contribution in [0.15, 0.2) is 28.7 Å². The lowest BCUT2D eigenvalue weighted by Gasteiger charge is -2.15. The summed E-state index contributed by atoms with van der Waals surface area (Å²) in [6.45, 7) is 2.96. The van der Waals surface area contributed by atoms with Gasteiger partial charge in [0.15, 0.2) is 6.10 Å². The molecule has 1 aromatic rings. The molecule has 5 nitrogen and oxygen atoms in total. The van der Waals surface area contributed by atoms with E-state index >= 15 is 0 Å². The van der Waals surface area contributed by atoms with Gasteiger partial charge in [0.2, 0.25) is 5.91 Å². The summed E-state index contributed by atoms with van der Waals surface area (Å²) in [7, 11) is 0. The predicted molar refractivity (Wildman–Crippen MR) is 73.7 cm³/mol. The standard InChI is InChI=1S/C13H16BrNO4/c1-8(10-3-5-11(14)6-4-10)15-12(16)7-19-9(2)13(17)18/h3-6,8-9H,7H2,1-2H3,(H,15,16)(H,17,18). The summed E-state index contributed by atoms with van der Waals surface area (Å²) in [6, 6.07) is 7.41. The van der Waals surface area contributed by atoms with E-state index in [4.69, 9.17) is 9.84 Å². The van der Waals surface area contributed by atoms with Crippen LogP contribution in [0.5, 0.6) is 0 Å². The van der Waals surface area contributed by atoms with Gasteiger partial charge in [0, 0.05) is 4.47 Å². The Kier molecular flexibility index (Phi) is 5.98. The first-order valence-electron chi connectivity index (χ1n) is 5.79. The lowest BCUT2D eigenvalue weighted by Crippen LogP contribution is -2.33. The van der Waals surface area contributed by atoms with Gasteiger partial charge in [0.05, 0.1) is 6.04 Å². The fourth-order valence-corrected chi connectivity index (χ4v) is 1.65. The quantitative estimate of drug-likeness (QED) is 0.838. The minimum atomic E-state index is -1.09. The van der Waals surface area contributed by atoms with Crippen molar-refractivity contribution in [2.45, 2.75) is 26.0 Å². The van der Waals surface area contributed by atoms with E-state index in [0.717, 1.165) is 10.0 Å². The average molecular weight is 330 g/mol. The second-order valence-electron chi connectivity index (χ2n) is 4.13. The van der Waals surface area contributed by atoms with Crippen LogP contribution < -0.4 is 5.32 Å². The lowest BCUT2D eigenvalue weighted by molar-refractivity contribution is -0.150. The Labute approximate surface area is 120 Å². The van der Waals surface area contributed by atoms with E-state index in [0.29, 0.717) is 0 Å². The van der Waals surface area contributed by atoms with Crippen molar-refractivity contribution in [3.8, 4) is 0 Å². The zero-order valence-electron chi connectivity index (χ0n) is 10.7. The number of hydrogen-bond acceptors (Lipinski definition) is 3. The molecule has 2 atom stereocenters. The summed E-state index contributed by atoms with van der Waals surface area (Å²) >= 11 is 3.34. The Morgan fingerprint density at radius 3 is 2.42 bits per heavy atom. The van der Waals surface area contributed by atoms with Gasteiger partial charge < -0.3 is 15.2 Å². The van der Waals surface area contributed by atoms with Crippen LogP contribution in [0.3, 0.4) is 0 Å². The summed E-state index contributed by atoms with van der Waals surface area (Å²) in [5.41, 5.74) is 0.961. The lowest BCUT2D eigenvalue weighted by atomic mass is 10.1. The molecule has 0 fully saturated rings. The molecule has 1 aromatic carbocycles. The summed E-state index contributed by atoms with van der Waals surface area (Å²) in [5, 5.41) is 11.4. The van der Waals surface area contributed by atoms with Gasteiger partial charge in [-0.05, 0) is 31.5 Å². The molecule has 0 saturated carbocycles. The Hall–Kier alpha value is -1.40. The number of carbonyl (C=O) groups excluding carboxylic acids is 1. The molecule has 1 rings (SSSR count). The van der Waals surface area contributed by atoms with Crippen molar-refractivity contribution < 1.29 is 19.4 Å². The van der Waals surface area contributed by atoms with Crippen molar-refractivity contribution in [3.05, 3.63) is 34.3 Å². The van der Waals surface area contributed by atoms with E-state index in [1.807, 2.05) is 31.2 Å². The molecule has 0 bridgehead atoms. The monoisotopic (exact) mass is 329 g/mol. The Morgan fingerprint density at radius 1 is 1.32 bits per heavy atom. The molecule has 0 spiro atoms. The van der Waals surface area contributed by atoms with Crippen LogP contribution in [0.2, 0.25) is 0 Å². The van der Waals surface area contributed by atoms with Crippen LogP contribution in [0.1, 0.15) is 25.5 Å². The van der Waals surface area contributed by atoms with Gasteiger partial charge in [-0.1, -0.05) is 28.1 Å². The molecule has 19 heavy (non-hydrogen) atoms. The van der Waals surface area contributed by atoms with E-state index in [1.54, 1.807) is 0 Å². The molecular formula is C13H16BrNO4. The first kappa shape index (κ1) is 15.7. The highest BCUT2D eigenvalue weighted by Gasteiger charge is 2.14. The van der Waals surface area contributed by atoms with Gasteiger partial charge in [-0.25, -0.2) is 4.79 Å². The number of nitrogens with one attached hydrogen (secondary N) is 1. The minimum Gasteiger partial charge on any atom is -0.479 e. The molecule has 104 valence electrons. The molecule has 6 heteroatoms. The molecule has 0 aliphatic rings. The maximum Gasteiger partial charge on any atom is 0.332 e. The zero-order chi connectivity index (χ0) is 14.4. The van der Waals surface area contributed by atoms with Crippen LogP contribution in [-0.4, -0.2) is 29.7 Å². The van der Waals surface area contributed by atoms with Gasteiger partial charge in [0.25, 0.3) is 0 Å². The van der Waals surface area contributed by atoms with Crippen LogP contribution in [-0.2, 0) is 14.3 Å². The van der Waals surface area contributed by atoms with Crippen LogP contribution in [0.25, 0.3) is 0 Å². The number of hydrogen-bond donors (Lipinski definition) is 2. The number of carboxylic acids is 1. The molecule has 2 unspecified atom stereocenters. The molecule has 1 amide bonds. The van der Waals surface area contributed by atoms with Gasteiger partial charge in [-0.3, -0.25) is 4.79 Å². The topological polar surface area (TPSA) is 75.6 Å². The van der Waals surface area contributed by atoms with Crippen molar-refractivity contribution >= 4 is 27.8 Å². The smallest absolute Gasteiger partial charge is 0.332 e. The van der Waals surface area contributed by atoms with Gasteiger partial charge in [-0.2, -0.15) is 0 Å². The third kappa shape index (κ3) is 5.40. The van der Waals surface area contributed by atoms with Crippen LogP contribution >= 0.6 is 15.9 Å². The van der Waals surface area contributed by atoms with Crippen LogP contribution in [0.4, 0.5) is 0 Å². The summed E-state index contributed by atoms with van der Waals surface area (Å²) in [4.78, 5) is 22.1. The van der Waals surface area contributed by atoms with E-state index in [9.17, 15) is 9.59 Å². The Balaban J connectivity index is 2.44. The molecule has 2 N–H and O–H groups in total. The Bertz CT molecular complexity index is 446. The molecule has 0 radical (unpaired) electrons.